The molecule has 0 spiro atoms. The van der Waals surface area contributed by atoms with Crippen LogP contribution in [-0.4, -0.2) is 15.6 Å². The second-order valence-corrected chi connectivity index (χ2v) is 4.62. The molecule has 0 fully saturated rings. The third kappa shape index (κ3) is 2.29. The summed E-state index contributed by atoms with van der Waals surface area (Å²) in [5.74, 6) is -1.20. The molecule has 1 heterocycles. The van der Waals surface area contributed by atoms with Gasteiger partial charge in [-0.15, -0.1) is 0 Å². The monoisotopic (exact) mass is 257 g/mol. The maximum absolute atomic E-state index is 11.9. The largest absolute Gasteiger partial charge is 0.477 e. The number of aromatic carboxylic acids is 1. The van der Waals surface area contributed by atoms with Gasteiger partial charge in [-0.05, 0) is 36.6 Å². The van der Waals surface area contributed by atoms with Crippen molar-refractivity contribution in [1.29, 1.82) is 0 Å². The fourth-order valence-corrected chi connectivity index (χ4v) is 1.99. The Morgan fingerprint density at radius 1 is 1.16 bits per heavy atom. The van der Waals surface area contributed by atoms with Gasteiger partial charge in [0.1, 0.15) is 5.56 Å². The van der Waals surface area contributed by atoms with E-state index < -0.39 is 11.5 Å². The molecule has 0 saturated carbocycles. The first-order chi connectivity index (χ1) is 8.91. The fourth-order valence-electron chi connectivity index (χ4n) is 1.99. The third-order valence-corrected chi connectivity index (χ3v) is 3.30. The molecule has 98 valence electrons. The SMILES string of the molecule is Cc1ccc(-c2ccn(C)c(=O)c2C(=O)O)cc1C. The van der Waals surface area contributed by atoms with Crippen molar-refractivity contribution in [2.75, 3.05) is 0 Å². The van der Waals surface area contributed by atoms with Crippen LogP contribution in [0.1, 0.15) is 21.5 Å². The van der Waals surface area contributed by atoms with Crippen molar-refractivity contribution >= 4 is 5.97 Å². The highest BCUT2D eigenvalue weighted by Crippen LogP contribution is 2.23. The molecular weight excluding hydrogens is 242 g/mol. The minimum absolute atomic E-state index is 0.187. The summed E-state index contributed by atoms with van der Waals surface area (Å²) >= 11 is 0. The van der Waals surface area contributed by atoms with Gasteiger partial charge in [-0.25, -0.2) is 4.79 Å². The summed E-state index contributed by atoms with van der Waals surface area (Å²) in [7, 11) is 1.54. The summed E-state index contributed by atoms with van der Waals surface area (Å²) < 4.78 is 1.27. The summed E-state index contributed by atoms with van der Waals surface area (Å²) in [6.45, 7) is 3.95. The van der Waals surface area contributed by atoms with Crippen molar-refractivity contribution in [3.63, 3.8) is 0 Å². The van der Waals surface area contributed by atoms with Crippen molar-refractivity contribution in [3.8, 4) is 11.1 Å². The number of carbonyl (C=O) groups is 1. The number of hydrogen-bond acceptors (Lipinski definition) is 2. The van der Waals surface area contributed by atoms with Crippen LogP contribution >= 0.6 is 0 Å². The van der Waals surface area contributed by atoms with E-state index in [1.807, 2.05) is 32.0 Å². The van der Waals surface area contributed by atoms with Crippen molar-refractivity contribution < 1.29 is 9.90 Å². The second kappa shape index (κ2) is 4.72. The molecule has 4 heteroatoms. The normalized spacial score (nSPS) is 10.5. The minimum atomic E-state index is -1.20. The lowest BCUT2D eigenvalue weighted by Gasteiger charge is -2.09. The molecule has 0 saturated heterocycles. The maximum Gasteiger partial charge on any atom is 0.341 e. The Morgan fingerprint density at radius 2 is 1.84 bits per heavy atom. The predicted molar refractivity (Wildman–Crippen MR) is 73.6 cm³/mol. The highest BCUT2D eigenvalue weighted by atomic mass is 16.4. The van der Waals surface area contributed by atoms with Gasteiger partial charge in [-0.2, -0.15) is 0 Å². The van der Waals surface area contributed by atoms with Gasteiger partial charge in [0, 0.05) is 18.8 Å². The predicted octanol–water partition coefficient (Wildman–Crippen LogP) is 2.37. The molecule has 0 unspecified atom stereocenters. The van der Waals surface area contributed by atoms with Gasteiger partial charge >= 0.3 is 5.97 Å². The van der Waals surface area contributed by atoms with E-state index in [9.17, 15) is 14.7 Å². The summed E-state index contributed by atoms with van der Waals surface area (Å²) in [6, 6.07) is 7.32. The Labute approximate surface area is 110 Å². The molecule has 0 radical (unpaired) electrons. The first-order valence-electron chi connectivity index (χ1n) is 5.92. The van der Waals surface area contributed by atoms with Crippen LogP contribution in [0.5, 0.6) is 0 Å². The number of carboxylic acids is 1. The fraction of sp³-hybridized carbons (Fsp3) is 0.200. The number of pyridine rings is 1. The zero-order valence-electron chi connectivity index (χ0n) is 11.1. The molecule has 1 aromatic heterocycles. The van der Waals surface area contributed by atoms with Gasteiger partial charge in [-0.1, -0.05) is 18.2 Å². The number of rotatable bonds is 2. The van der Waals surface area contributed by atoms with Crippen LogP contribution < -0.4 is 5.56 Å². The highest BCUT2D eigenvalue weighted by molar-refractivity contribution is 5.95. The Bertz CT molecular complexity index is 714. The average molecular weight is 257 g/mol. The van der Waals surface area contributed by atoms with Crippen molar-refractivity contribution in [2.24, 2.45) is 7.05 Å². The first-order valence-corrected chi connectivity index (χ1v) is 5.92. The third-order valence-electron chi connectivity index (χ3n) is 3.30. The van der Waals surface area contributed by atoms with Gasteiger partial charge in [0.05, 0.1) is 0 Å². The number of benzene rings is 1. The molecule has 0 bridgehead atoms. The van der Waals surface area contributed by atoms with E-state index >= 15 is 0 Å². The van der Waals surface area contributed by atoms with Crippen LogP contribution in [-0.2, 0) is 7.05 Å². The van der Waals surface area contributed by atoms with E-state index in [0.717, 1.165) is 16.7 Å². The number of aryl methyl sites for hydroxylation is 3. The van der Waals surface area contributed by atoms with E-state index in [-0.39, 0.29) is 5.56 Å². The van der Waals surface area contributed by atoms with E-state index in [1.165, 1.54) is 4.57 Å². The molecule has 0 aliphatic carbocycles. The standard InChI is InChI=1S/C15H15NO3/c1-9-4-5-11(8-10(9)2)12-6-7-16(3)14(17)13(12)15(18)19/h4-8H,1-3H3,(H,18,19). The summed E-state index contributed by atoms with van der Waals surface area (Å²) in [5, 5.41) is 9.24. The Kier molecular flexibility index (Phi) is 3.25. The Balaban J connectivity index is 2.75. The number of hydrogen-bond donors (Lipinski definition) is 1. The molecule has 0 atom stereocenters. The Morgan fingerprint density at radius 3 is 2.42 bits per heavy atom. The zero-order valence-corrected chi connectivity index (χ0v) is 11.1. The van der Waals surface area contributed by atoms with E-state index in [0.29, 0.717) is 5.56 Å². The van der Waals surface area contributed by atoms with Crippen LogP contribution in [0, 0.1) is 13.8 Å². The molecule has 0 aliphatic heterocycles. The summed E-state index contributed by atoms with van der Waals surface area (Å²) in [6.07, 6.45) is 1.58. The second-order valence-electron chi connectivity index (χ2n) is 4.62. The van der Waals surface area contributed by atoms with Crippen LogP contribution in [0.3, 0.4) is 0 Å². The van der Waals surface area contributed by atoms with Gasteiger partial charge < -0.3 is 9.67 Å². The van der Waals surface area contributed by atoms with Crippen LogP contribution in [0.15, 0.2) is 35.3 Å². The maximum atomic E-state index is 11.9. The van der Waals surface area contributed by atoms with Crippen molar-refractivity contribution in [3.05, 3.63) is 57.5 Å². The van der Waals surface area contributed by atoms with E-state index in [4.69, 9.17) is 0 Å². The van der Waals surface area contributed by atoms with Crippen LogP contribution in [0.2, 0.25) is 0 Å². The van der Waals surface area contributed by atoms with Crippen molar-refractivity contribution in [2.45, 2.75) is 13.8 Å². The molecule has 1 N–H and O–H groups in total. The molecule has 2 aromatic rings. The minimum Gasteiger partial charge on any atom is -0.477 e. The number of nitrogens with zero attached hydrogens (tertiary/aromatic N) is 1. The lowest BCUT2D eigenvalue weighted by atomic mass is 9.98. The lowest BCUT2D eigenvalue weighted by molar-refractivity contribution is 0.0695. The first kappa shape index (κ1) is 13.1. The summed E-state index contributed by atoms with van der Waals surface area (Å²) in [4.78, 5) is 23.2. The molecular formula is C15H15NO3. The Hall–Kier alpha value is -2.36. The van der Waals surface area contributed by atoms with E-state index in [1.54, 1.807) is 19.3 Å². The van der Waals surface area contributed by atoms with Crippen LogP contribution in [0.4, 0.5) is 0 Å². The zero-order chi connectivity index (χ0) is 14.2. The van der Waals surface area contributed by atoms with Crippen LogP contribution in [0.25, 0.3) is 11.1 Å². The van der Waals surface area contributed by atoms with Gasteiger partial charge in [0.15, 0.2) is 0 Å². The topological polar surface area (TPSA) is 59.3 Å². The molecule has 19 heavy (non-hydrogen) atoms. The number of carboxylic acid groups (broad SMARTS) is 1. The van der Waals surface area contributed by atoms with Gasteiger partial charge in [0.25, 0.3) is 5.56 Å². The molecule has 1 aromatic carbocycles. The van der Waals surface area contributed by atoms with Gasteiger partial charge in [0.2, 0.25) is 0 Å². The molecule has 0 amide bonds. The lowest BCUT2D eigenvalue weighted by Crippen LogP contribution is -2.24. The smallest absolute Gasteiger partial charge is 0.341 e. The molecule has 0 aliphatic rings. The molecule has 4 nitrogen and oxygen atoms in total. The van der Waals surface area contributed by atoms with Gasteiger partial charge in [-0.3, -0.25) is 4.79 Å². The van der Waals surface area contributed by atoms with E-state index in [2.05, 4.69) is 0 Å². The summed E-state index contributed by atoms with van der Waals surface area (Å²) in [5.41, 5.74) is 2.72. The average Bonchev–Trinajstić information content (AvgIpc) is 2.35. The molecule has 2 rings (SSSR count). The highest BCUT2D eigenvalue weighted by Gasteiger charge is 2.17. The van der Waals surface area contributed by atoms with Crippen molar-refractivity contribution in [1.82, 2.24) is 4.57 Å². The quantitative estimate of drug-likeness (QED) is 0.898. The number of aromatic nitrogens is 1.